The lowest BCUT2D eigenvalue weighted by molar-refractivity contribution is -0.0387. The first kappa shape index (κ1) is 50.1. The van der Waals surface area contributed by atoms with Crippen molar-refractivity contribution in [2.45, 2.75) is 192 Å². The lowest BCUT2D eigenvalue weighted by Crippen LogP contribution is -2.40. The third-order valence-electron chi connectivity index (χ3n) is 17.2. The van der Waals surface area contributed by atoms with E-state index in [0.717, 1.165) is 74.5 Å². The number of hydrogen-bond acceptors (Lipinski definition) is 12. The highest BCUT2D eigenvalue weighted by atomic mass is 16.6. The summed E-state index contributed by atoms with van der Waals surface area (Å²) >= 11 is 0. The molecule has 72 heavy (non-hydrogen) atoms. The van der Waals surface area contributed by atoms with E-state index in [1.54, 1.807) is 72.8 Å². The Morgan fingerprint density at radius 1 is 0.444 bits per heavy atom. The smallest absolute Gasteiger partial charge is 0.338 e. The van der Waals surface area contributed by atoms with Gasteiger partial charge in [0.1, 0.15) is 53.9 Å². The Morgan fingerprint density at radius 2 is 0.694 bits per heavy atom. The Hall–Kier alpha value is -5.43. The standard InChI is InChI=1S/C60H72O12/c1-55(2,43-22-25-58(7)49(31-43)67-58)70-52(61)40-10-16-46(17-11-40)64-34-37-28-38(35-65-47-18-12-41(13-19-47)53(62)71-56(3,4)44-23-26-59(8)50(32-44)68-59)30-39(29-37)36-66-48-20-14-42(15-21-48)54(63)72-57(5,6)45-24-27-60(9)51(33-45)69-60/h10-21,28-30,43-45,49-51H,22-27,31-36H2,1-9H3. The Kier molecular flexibility index (Phi) is 13.1. The number of hydrogen-bond donors (Lipinski definition) is 0. The zero-order chi connectivity index (χ0) is 50.8. The molecule has 3 aliphatic carbocycles. The van der Waals surface area contributed by atoms with Crippen LogP contribution in [-0.2, 0) is 48.2 Å². The fourth-order valence-electron chi connectivity index (χ4n) is 11.6. The number of rotatable bonds is 18. The van der Waals surface area contributed by atoms with Gasteiger partial charge < -0.3 is 42.6 Å². The molecule has 9 atom stereocenters. The highest BCUT2D eigenvalue weighted by Crippen LogP contribution is 2.54. The van der Waals surface area contributed by atoms with E-state index in [0.29, 0.717) is 33.9 Å². The van der Waals surface area contributed by atoms with Crippen molar-refractivity contribution >= 4 is 17.9 Å². The fraction of sp³-hybridized carbons (Fsp3) is 0.550. The SMILES string of the molecule is CC(C)(OC(=O)c1ccc(OCc2cc(COc3ccc(C(=O)OC(C)(C)C4CCC5(C)OC5C4)cc3)cc(COc3ccc(C(=O)OC(C)(C)C4CCC5(C)OC5C4)cc3)c2)cc1)C1CCC2(C)OC2C1. The van der Waals surface area contributed by atoms with Crippen molar-refractivity contribution in [3.63, 3.8) is 0 Å². The van der Waals surface area contributed by atoms with Crippen LogP contribution in [0.25, 0.3) is 0 Å². The first-order chi connectivity index (χ1) is 34.1. The molecule has 6 fully saturated rings. The van der Waals surface area contributed by atoms with Gasteiger partial charge in [-0.25, -0.2) is 14.4 Å². The van der Waals surface area contributed by atoms with Crippen LogP contribution in [0.5, 0.6) is 17.2 Å². The summed E-state index contributed by atoms with van der Waals surface area (Å²) in [6.07, 6.45) is 9.26. The van der Waals surface area contributed by atoms with Gasteiger partial charge in [0.25, 0.3) is 0 Å². The maximum absolute atomic E-state index is 13.3. The summed E-state index contributed by atoms with van der Waals surface area (Å²) in [4.78, 5) is 40.0. The van der Waals surface area contributed by atoms with Crippen LogP contribution in [0, 0.1) is 17.8 Å². The van der Waals surface area contributed by atoms with Crippen molar-refractivity contribution in [3.8, 4) is 17.2 Å². The van der Waals surface area contributed by atoms with Gasteiger partial charge in [-0.05, 0) is 228 Å². The van der Waals surface area contributed by atoms with E-state index in [1.807, 2.05) is 59.7 Å². The van der Waals surface area contributed by atoms with Gasteiger partial charge in [-0.3, -0.25) is 0 Å². The van der Waals surface area contributed by atoms with Gasteiger partial charge in [0.15, 0.2) is 0 Å². The first-order valence-electron chi connectivity index (χ1n) is 26.1. The molecule has 0 N–H and O–H groups in total. The van der Waals surface area contributed by atoms with Crippen molar-refractivity contribution in [2.24, 2.45) is 17.8 Å². The molecule has 12 heteroatoms. The first-order valence-corrected chi connectivity index (χ1v) is 26.1. The van der Waals surface area contributed by atoms with E-state index in [4.69, 9.17) is 42.6 Å². The number of carbonyl (C=O) groups is 3. The van der Waals surface area contributed by atoms with E-state index in [-0.39, 0.29) is 90.6 Å². The Bertz CT molecular complexity index is 2350. The minimum absolute atomic E-state index is 0.000940. The Balaban J connectivity index is 0.770. The second kappa shape index (κ2) is 18.8. The van der Waals surface area contributed by atoms with Crippen LogP contribution < -0.4 is 14.2 Å². The minimum atomic E-state index is -0.618. The van der Waals surface area contributed by atoms with Gasteiger partial charge in [-0.2, -0.15) is 0 Å². The van der Waals surface area contributed by atoms with E-state index >= 15 is 0 Å². The van der Waals surface area contributed by atoms with Gasteiger partial charge in [0.2, 0.25) is 0 Å². The van der Waals surface area contributed by atoms with Crippen LogP contribution in [0.1, 0.15) is 168 Å². The van der Waals surface area contributed by atoms with E-state index in [9.17, 15) is 14.4 Å². The van der Waals surface area contributed by atoms with Crippen LogP contribution >= 0.6 is 0 Å². The predicted molar refractivity (Wildman–Crippen MR) is 269 cm³/mol. The lowest BCUT2D eigenvalue weighted by atomic mass is 9.75. The van der Waals surface area contributed by atoms with Crippen LogP contribution in [0.2, 0.25) is 0 Å². The van der Waals surface area contributed by atoms with Crippen LogP contribution in [0.15, 0.2) is 91.0 Å². The van der Waals surface area contributed by atoms with Crippen molar-refractivity contribution in [1.29, 1.82) is 0 Å². The largest absolute Gasteiger partial charge is 0.489 e. The monoisotopic (exact) mass is 985 g/mol. The average molecular weight is 985 g/mol. The van der Waals surface area contributed by atoms with Gasteiger partial charge in [0.05, 0.1) is 51.8 Å². The topological polar surface area (TPSA) is 144 Å². The molecule has 4 aromatic carbocycles. The highest BCUT2D eigenvalue weighted by Gasteiger charge is 2.59. The quantitative estimate of drug-likeness (QED) is 0.0531. The van der Waals surface area contributed by atoms with Crippen molar-refractivity contribution < 1.29 is 57.0 Å². The maximum atomic E-state index is 13.3. The maximum Gasteiger partial charge on any atom is 0.338 e. The molecule has 0 radical (unpaired) electrons. The summed E-state index contributed by atoms with van der Waals surface area (Å²) in [5.41, 5.74) is 2.18. The number of benzene rings is 4. The molecule has 10 rings (SSSR count). The molecule has 0 aromatic heterocycles. The second-order valence-electron chi connectivity index (χ2n) is 23.7. The summed E-state index contributed by atoms with van der Waals surface area (Å²) in [6.45, 7) is 19.2. The van der Waals surface area contributed by atoms with Crippen LogP contribution in [0.3, 0.4) is 0 Å². The zero-order valence-corrected chi connectivity index (χ0v) is 43.5. The summed E-state index contributed by atoms with van der Waals surface area (Å²) in [7, 11) is 0. The molecule has 12 nitrogen and oxygen atoms in total. The molecule has 0 amide bonds. The van der Waals surface area contributed by atoms with E-state index in [1.165, 1.54) is 0 Å². The normalized spacial score (nSPS) is 29.3. The summed E-state index contributed by atoms with van der Waals surface area (Å²) < 4.78 is 54.8. The van der Waals surface area contributed by atoms with Gasteiger partial charge in [-0.15, -0.1) is 0 Å². The summed E-state index contributed by atoms with van der Waals surface area (Å²) in [6, 6.07) is 27.2. The third kappa shape index (κ3) is 11.1. The second-order valence-corrected chi connectivity index (χ2v) is 23.7. The molecular formula is C60H72O12. The molecule has 3 heterocycles. The fourth-order valence-corrected chi connectivity index (χ4v) is 11.6. The zero-order valence-electron chi connectivity index (χ0n) is 43.5. The molecule has 4 aromatic rings. The van der Waals surface area contributed by atoms with Gasteiger partial charge >= 0.3 is 17.9 Å². The molecule has 6 aliphatic rings. The number of fused-ring (bicyclic) bond motifs is 3. The molecule has 384 valence electrons. The van der Waals surface area contributed by atoms with Crippen molar-refractivity contribution in [1.82, 2.24) is 0 Å². The third-order valence-corrected chi connectivity index (χ3v) is 17.2. The predicted octanol–water partition coefficient (Wildman–Crippen LogP) is 12.1. The van der Waals surface area contributed by atoms with E-state index < -0.39 is 16.8 Å². The molecule has 0 bridgehead atoms. The van der Waals surface area contributed by atoms with Crippen LogP contribution in [0.4, 0.5) is 0 Å². The highest BCUT2D eigenvalue weighted by molar-refractivity contribution is 5.91. The average Bonchev–Trinajstić information content (AvgIpc) is 4.30. The Morgan fingerprint density at radius 3 is 0.931 bits per heavy atom. The van der Waals surface area contributed by atoms with Crippen molar-refractivity contribution in [2.75, 3.05) is 0 Å². The molecular weight excluding hydrogens is 913 g/mol. The molecule has 3 saturated carbocycles. The lowest BCUT2D eigenvalue weighted by Gasteiger charge is -2.36. The molecule has 9 unspecified atom stereocenters. The summed E-state index contributed by atoms with van der Waals surface area (Å²) in [5, 5.41) is 0. The summed E-state index contributed by atoms with van der Waals surface area (Å²) in [5.74, 6) is 1.42. The molecule has 3 saturated heterocycles. The minimum Gasteiger partial charge on any atom is -0.489 e. The molecule has 0 spiro atoms. The van der Waals surface area contributed by atoms with Crippen LogP contribution in [-0.4, -0.2) is 69.8 Å². The van der Waals surface area contributed by atoms with Crippen molar-refractivity contribution in [3.05, 3.63) is 124 Å². The number of ether oxygens (including phenoxy) is 9. The van der Waals surface area contributed by atoms with E-state index in [2.05, 4.69) is 20.8 Å². The van der Waals surface area contributed by atoms with Gasteiger partial charge in [0, 0.05) is 17.8 Å². The Labute approximate surface area is 424 Å². The van der Waals surface area contributed by atoms with Gasteiger partial charge in [-0.1, -0.05) is 0 Å². The molecule has 3 aliphatic heterocycles. The number of carbonyl (C=O) groups excluding carboxylic acids is 3. The number of esters is 3. The number of epoxide rings is 3.